The summed E-state index contributed by atoms with van der Waals surface area (Å²) < 4.78 is 0. The van der Waals surface area contributed by atoms with E-state index in [1.54, 1.807) is 0 Å². The number of hydrogen-bond donors (Lipinski definition) is 2. The average molecular weight is 310 g/mol. The Balaban J connectivity index is 0. The maximum atomic E-state index is 5.33. The molecule has 0 amide bonds. The molecule has 0 aliphatic heterocycles. The molecule has 9 heavy (non-hydrogen) atoms. The summed E-state index contributed by atoms with van der Waals surface area (Å²) in [7, 11) is 2.75. The summed E-state index contributed by atoms with van der Waals surface area (Å²) in [6.45, 7) is 0.917. The molecule has 0 radical (unpaired) electrons. The molecule has 0 unspecified atom stereocenters. The van der Waals surface area contributed by atoms with Crippen molar-refractivity contribution >= 4 is 0 Å². The molecule has 1 fully saturated rings. The molecule has 60 valence electrons. The Hall–Kier alpha value is 0.608. The third-order valence-corrected chi connectivity index (χ3v) is 1.56. The van der Waals surface area contributed by atoms with Crippen molar-refractivity contribution in [3.8, 4) is 0 Å². The van der Waals surface area contributed by atoms with Crippen LogP contribution in [0.15, 0.2) is 0 Å². The van der Waals surface area contributed by atoms with Gasteiger partial charge in [0, 0.05) is 21.1 Å². The Kier molecular flexibility index (Phi) is 11.8. The van der Waals surface area contributed by atoms with Gasteiger partial charge < -0.3 is 11.5 Å². The van der Waals surface area contributed by atoms with Gasteiger partial charge in [-0.15, -0.1) is 0 Å². The Morgan fingerprint density at radius 1 is 1.33 bits per heavy atom. The maximum Gasteiger partial charge on any atom is 0 e. The van der Waals surface area contributed by atoms with Crippen LogP contribution in [-0.4, -0.2) is 6.54 Å². The first kappa shape index (κ1) is 12.3. The number of hydrogen-bond acceptors (Lipinski definition) is 2. The van der Waals surface area contributed by atoms with Crippen molar-refractivity contribution in [3.05, 3.63) is 7.05 Å². The van der Waals surface area contributed by atoms with E-state index >= 15 is 0 Å². The fourth-order valence-electron chi connectivity index (χ4n) is 0.729. The molecule has 1 aliphatic carbocycles. The van der Waals surface area contributed by atoms with Crippen LogP contribution >= 0.6 is 0 Å². The minimum atomic E-state index is 0. The molecule has 0 aromatic heterocycles. The summed E-state index contributed by atoms with van der Waals surface area (Å²) in [4.78, 5) is 0. The van der Waals surface area contributed by atoms with E-state index in [9.17, 15) is 0 Å². The monoisotopic (exact) mass is 310 g/mol. The summed E-state index contributed by atoms with van der Waals surface area (Å²) in [5.74, 6) is 0.894. The molecular formula is C6H15N2Pt-. The molecule has 0 atom stereocenters. The Bertz CT molecular complexity index is 43.6. The van der Waals surface area contributed by atoms with Crippen molar-refractivity contribution in [1.29, 1.82) is 0 Å². The Morgan fingerprint density at radius 3 is 1.78 bits per heavy atom. The molecule has 0 spiro atoms. The van der Waals surface area contributed by atoms with Gasteiger partial charge in [0.15, 0.2) is 0 Å². The zero-order chi connectivity index (χ0) is 6.41. The predicted molar refractivity (Wildman–Crippen MR) is 35.9 cm³/mol. The molecule has 1 aliphatic rings. The van der Waals surface area contributed by atoms with Crippen LogP contribution in [0, 0.1) is 13.0 Å². The molecule has 0 aromatic carbocycles. The molecule has 3 heteroatoms. The third-order valence-electron chi connectivity index (χ3n) is 1.56. The summed E-state index contributed by atoms with van der Waals surface area (Å²) >= 11 is 0. The van der Waals surface area contributed by atoms with E-state index in [0.29, 0.717) is 0 Å². The van der Waals surface area contributed by atoms with Crippen LogP contribution in [0.5, 0.6) is 0 Å². The van der Waals surface area contributed by atoms with E-state index in [2.05, 4.69) is 12.8 Å². The van der Waals surface area contributed by atoms with Crippen LogP contribution in [0.25, 0.3) is 0 Å². The first-order chi connectivity index (χ1) is 3.93. The van der Waals surface area contributed by atoms with Crippen LogP contribution in [-0.2, 0) is 21.1 Å². The van der Waals surface area contributed by atoms with E-state index in [1.165, 1.54) is 19.3 Å². The van der Waals surface area contributed by atoms with Gasteiger partial charge in [0.25, 0.3) is 0 Å². The van der Waals surface area contributed by atoms with Gasteiger partial charge in [0.05, 0.1) is 0 Å². The second-order valence-electron chi connectivity index (χ2n) is 2.03. The van der Waals surface area contributed by atoms with E-state index in [0.717, 1.165) is 12.5 Å². The second kappa shape index (κ2) is 8.61. The minimum Gasteiger partial charge on any atom is -0.486 e. The van der Waals surface area contributed by atoms with Crippen molar-refractivity contribution in [2.45, 2.75) is 19.3 Å². The zero-order valence-electron chi connectivity index (χ0n) is 5.58. The Morgan fingerprint density at radius 2 is 1.78 bits per heavy atom. The zero-order valence-corrected chi connectivity index (χ0v) is 7.86. The smallest absolute Gasteiger partial charge is 0 e. The van der Waals surface area contributed by atoms with Gasteiger partial charge in [0.1, 0.15) is 0 Å². The molecule has 0 heterocycles. The normalized spacial score (nSPS) is 16.3. The first-order valence-electron chi connectivity index (χ1n) is 3.04. The molecule has 0 saturated heterocycles. The fourth-order valence-corrected chi connectivity index (χ4v) is 0.729. The summed E-state index contributed by atoms with van der Waals surface area (Å²) in [6, 6.07) is 0. The van der Waals surface area contributed by atoms with Crippen molar-refractivity contribution in [1.82, 2.24) is 0 Å². The van der Waals surface area contributed by atoms with Crippen molar-refractivity contribution in [2.75, 3.05) is 6.54 Å². The van der Waals surface area contributed by atoms with Crippen LogP contribution in [0.1, 0.15) is 19.3 Å². The quantitative estimate of drug-likeness (QED) is 0.692. The summed E-state index contributed by atoms with van der Waals surface area (Å²) in [6.07, 6.45) is 4.19. The van der Waals surface area contributed by atoms with Crippen LogP contribution in [0.2, 0.25) is 0 Å². The van der Waals surface area contributed by atoms with Crippen molar-refractivity contribution in [3.63, 3.8) is 0 Å². The van der Waals surface area contributed by atoms with Gasteiger partial charge in [0.2, 0.25) is 0 Å². The van der Waals surface area contributed by atoms with Gasteiger partial charge in [-0.3, -0.25) is 7.05 Å². The van der Waals surface area contributed by atoms with E-state index in [-0.39, 0.29) is 21.1 Å². The standard InChI is InChI=1S/C5H11N.CH4N.Pt/c6-4-5-2-1-3-5;1-2;/h5H,1-4,6H2;1-2H2;/q;-1;. The first-order valence-corrected chi connectivity index (χ1v) is 3.04. The molecule has 4 N–H and O–H groups in total. The SMILES string of the molecule is NCC1CCC1.[CH2-]N.[Pt]. The topological polar surface area (TPSA) is 52.0 Å². The maximum absolute atomic E-state index is 5.33. The Labute approximate surface area is 71.6 Å². The van der Waals surface area contributed by atoms with Crippen LogP contribution in [0.3, 0.4) is 0 Å². The largest absolute Gasteiger partial charge is 0.486 e. The van der Waals surface area contributed by atoms with Gasteiger partial charge in [-0.2, -0.15) is 0 Å². The van der Waals surface area contributed by atoms with Crippen molar-refractivity contribution in [2.24, 2.45) is 17.4 Å². The van der Waals surface area contributed by atoms with Gasteiger partial charge in [-0.05, 0) is 25.3 Å². The number of rotatable bonds is 1. The van der Waals surface area contributed by atoms with Gasteiger partial charge >= 0.3 is 0 Å². The molecule has 0 bridgehead atoms. The average Bonchev–Trinajstić information content (AvgIpc) is 1.69. The van der Waals surface area contributed by atoms with Crippen molar-refractivity contribution < 1.29 is 21.1 Å². The molecule has 0 aromatic rings. The van der Waals surface area contributed by atoms with E-state index < -0.39 is 0 Å². The molecule has 2 nitrogen and oxygen atoms in total. The fraction of sp³-hybridized carbons (Fsp3) is 0.833. The molecule has 1 saturated carbocycles. The van der Waals surface area contributed by atoms with E-state index in [1.807, 2.05) is 0 Å². The summed E-state index contributed by atoms with van der Waals surface area (Å²) in [5, 5.41) is 0. The van der Waals surface area contributed by atoms with Crippen LogP contribution in [0.4, 0.5) is 0 Å². The van der Waals surface area contributed by atoms with Crippen LogP contribution < -0.4 is 11.5 Å². The predicted octanol–water partition coefficient (Wildman–Crippen LogP) is 0.479. The van der Waals surface area contributed by atoms with E-state index in [4.69, 9.17) is 5.73 Å². The second-order valence-corrected chi connectivity index (χ2v) is 2.03. The number of nitrogens with two attached hydrogens (primary N) is 2. The molecular weight excluding hydrogens is 295 g/mol. The van der Waals surface area contributed by atoms with Gasteiger partial charge in [-0.25, -0.2) is 0 Å². The molecule has 1 rings (SSSR count). The minimum absolute atomic E-state index is 0. The van der Waals surface area contributed by atoms with Gasteiger partial charge in [-0.1, -0.05) is 6.42 Å². The summed E-state index contributed by atoms with van der Waals surface area (Å²) in [5.41, 5.74) is 9.58. The third kappa shape index (κ3) is 5.07.